The first kappa shape index (κ1) is 48.5. The Morgan fingerprint density at radius 1 is 0.831 bits per heavy atom. The molecule has 4 aromatic rings. The Balaban J connectivity index is 0.00000384. The van der Waals surface area contributed by atoms with Gasteiger partial charge in [-0.05, 0) is 118 Å². The molecule has 2 heterocycles. The quantitative estimate of drug-likeness (QED) is 0.0775. The van der Waals surface area contributed by atoms with E-state index in [4.69, 9.17) is 10.2 Å². The van der Waals surface area contributed by atoms with Crippen LogP contribution in [0.4, 0.5) is 24.3 Å². The van der Waals surface area contributed by atoms with Crippen LogP contribution in [0.25, 0.3) is 0 Å². The molecule has 3 aromatic carbocycles. The van der Waals surface area contributed by atoms with Crippen molar-refractivity contribution in [1.82, 2.24) is 15.1 Å². The number of carbonyl (C=O) groups is 4. The Labute approximate surface area is 391 Å². The summed E-state index contributed by atoms with van der Waals surface area (Å²) < 4.78 is 30.5. The summed E-state index contributed by atoms with van der Waals surface area (Å²) >= 11 is 1.35. The number of urea groups is 1. The van der Waals surface area contributed by atoms with Gasteiger partial charge in [0.05, 0.1) is 11.1 Å². The first-order valence-electron chi connectivity index (χ1n) is 19.4. The number of carbonyl (C=O) groups excluding carboxylic acids is 3. The number of nitrogens with zero attached hydrogens (tertiary/aromatic N) is 2. The molecule has 0 spiro atoms. The average molecular weight is 850 g/mol. The van der Waals surface area contributed by atoms with Crippen molar-refractivity contribution in [2.24, 2.45) is 0 Å². The zero-order chi connectivity index (χ0) is 40.7. The first-order chi connectivity index (χ1) is 27.3. The zero-order valence-corrected chi connectivity index (χ0v) is 33.1. The van der Waals surface area contributed by atoms with Crippen LogP contribution in [0.15, 0.2) is 60.7 Å². The van der Waals surface area contributed by atoms with E-state index in [1.165, 1.54) is 23.5 Å². The fourth-order valence-electron chi connectivity index (χ4n) is 7.49. The number of benzene rings is 3. The second-order valence-electron chi connectivity index (χ2n) is 15.3. The number of fused-ring (bicyclic) bond motifs is 1. The molecule has 1 aromatic heterocycles. The summed E-state index contributed by atoms with van der Waals surface area (Å²) in [6, 6.07) is 15.5. The maximum absolute atomic E-state index is 15.3. The van der Waals surface area contributed by atoms with Gasteiger partial charge < -0.3 is 31.1 Å². The molecule has 6 rings (SSSR count). The number of carboxylic acids is 1. The van der Waals surface area contributed by atoms with Gasteiger partial charge in [-0.3, -0.25) is 14.5 Å². The molecule has 306 valence electrons. The third-order valence-electron chi connectivity index (χ3n) is 10.7. The van der Waals surface area contributed by atoms with E-state index in [0.717, 1.165) is 59.4 Å². The topological polar surface area (TPSA) is 151 Å². The number of aliphatic hydroxyl groups excluding tert-OH is 1. The van der Waals surface area contributed by atoms with Crippen molar-refractivity contribution in [3.8, 4) is 0 Å². The van der Waals surface area contributed by atoms with Crippen molar-refractivity contribution < 1.29 is 38.2 Å². The Morgan fingerprint density at radius 2 is 1.54 bits per heavy atom. The third-order valence-corrected chi connectivity index (χ3v) is 11.9. The predicted molar refractivity (Wildman–Crippen MR) is 231 cm³/mol. The number of halogens is 2. The van der Waals surface area contributed by atoms with Crippen molar-refractivity contribution in [1.29, 1.82) is 0 Å². The van der Waals surface area contributed by atoms with E-state index in [1.54, 1.807) is 18.2 Å². The number of piperazine rings is 1. The fourth-order valence-corrected chi connectivity index (χ4v) is 8.77. The number of aromatic carboxylic acids is 1. The minimum absolute atomic E-state index is 0. The number of hydrogen-bond acceptors (Lipinski definition) is 7. The SMILES string of the molecule is CC1(C)CN(C(=O)NCCCCO)CCN1Cc1cccc(C(=O)Nc2sc3c(c2C(=O)Nc2cc(F)c(CCc4ccc(C(=O)O)cc4)c(F)c2)CCCC3)c1.[NaH].[NaH]. The Kier molecular flexibility index (Phi) is 18.1. The number of aliphatic hydroxyl groups is 1. The molecule has 1 aliphatic heterocycles. The molecule has 1 saturated heterocycles. The molecule has 0 radical (unpaired) electrons. The molecular formula is C43H51F2N5Na2O6S. The molecule has 1 fully saturated rings. The minimum atomic E-state index is -1.06. The molecule has 16 heteroatoms. The van der Waals surface area contributed by atoms with E-state index in [-0.39, 0.29) is 113 Å². The summed E-state index contributed by atoms with van der Waals surface area (Å²) in [5.41, 5.74) is 2.80. The zero-order valence-electron chi connectivity index (χ0n) is 32.3. The van der Waals surface area contributed by atoms with Gasteiger partial charge in [0.25, 0.3) is 11.8 Å². The number of nitrogens with one attached hydrogen (secondary N) is 3. The summed E-state index contributed by atoms with van der Waals surface area (Å²) in [7, 11) is 0. The number of carboxylic acid groups (broad SMARTS) is 1. The molecule has 2 aliphatic rings. The van der Waals surface area contributed by atoms with Gasteiger partial charge in [-0.2, -0.15) is 0 Å². The number of thiophene rings is 1. The number of anilines is 2. The predicted octanol–water partition coefficient (Wildman–Crippen LogP) is 5.97. The van der Waals surface area contributed by atoms with E-state index in [9.17, 15) is 19.2 Å². The number of rotatable bonds is 14. The van der Waals surface area contributed by atoms with Crippen molar-refractivity contribution in [3.63, 3.8) is 0 Å². The summed E-state index contributed by atoms with van der Waals surface area (Å²) in [5, 5.41) is 27.1. The molecule has 1 aliphatic carbocycles. The average Bonchev–Trinajstić information content (AvgIpc) is 3.55. The Hall–Kier alpha value is -3.18. The van der Waals surface area contributed by atoms with Crippen molar-refractivity contribution in [2.75, 3.05) is 43.4 Å². The Morgan fingerprint density at radius 3 is 2.22 bits per heavy atom. The van der Waals surface area contributed by atoms with Gasteiger partial charge in [-0.1, -0.05) is 24.3 Å². The fraction of sp³-hybridized carbons (Fsp3) is 0.395. The summed E-state index contributed by atoms with van der Waals surface area (Å²) in [4.78, 5) is 56.6. The summed E-state index contributed by atoms with van der Waals surface area (Å²) in [5.74, 6) is -3.63. The van der Waals surface area contributed by atoms with Crippen LogP contribution in [0.5, 0.6) is 0 Å². The normalized spacial score (nSPS) is 14.6. The van der Waals surface area contributed by atoms with Crippen LogP contribution in [0.3, 0.4) is 0 Å². The molecule has 11 nitrogen and oxygen atoms in total. The maximum atomic E-state index is 15.3. The van der Waals surface area contributed by atoms with E-state index in [1.807, 2.05) is 23.1 Å². The Bertz CT molecular complexity index is 2110. The van der Waals surface area contributed by atoms with Crippen LogP contribution in [0, 0.1) is 11.6 Å². The van der Waals surface area contributed by atoms with Crippen LogP contribution in [0.2, 0.25) is 0 Å². The van der Waals surface area contributed by atoms with Gasteiger partial charge in [0.2, 0.25) is 0 Å². The van der Waals surface area contributed by atoms with Crippen LogP contribution >= 0.6 is 11.3 Å². The van der Waals surface area contributed by atoms with Gasteiger partial charge in [-0.15, -0.1) is 11.3 Å². The van der Waals surface area contributed by atoms with Crippen molar-refractivity contribution in [2.45, 2.75) is 77.3 Å². The molecule has 0 atom stereocenters. The molecule has 4 amide bonds. The number of unbranched alkanes of at least 4 members (excludes halogenated alkanes) is 1. The number of hydrogen-bond donors (Lipinski definition) is 5. The second kappa shape index (κ2) is 22.1. The van der Waals surface area contributed by atoms with Crippen LogP contribution in [-0.2, 0) is 32.2 Å². The number of aryl methyl sites for hydroxylation is 2. The third kappa shape index (κ3) is 12.5. The standard InChI is InChI=1S/C43H49F2N5O6S.2Na.2H/c1-43(2)26-49(42(56)46-18-5-6-21-51)19-20-50(43)25-28-8-7-9-30(22-28)38(52)48-40-37(33-10-3-4-11-36(33)57-40)39(53)47-31-23-34(44)32(35(45)24-31)17-14-27-12-15-29(16-13-27)41(54)55;;;;/h7-9,12-13,15-16,22-24,51H,3-6,10-11,14,17-21,25-26H2,1-2H3,(H,46,56)(H,47,53)(H,48,52)(H,54,55);;;;. The van der Waals surface area contributed by atoms with Crippen molar-refractivity contribution in [3.05, 3.63) is 116 Å². The van der Waals surface area contributed by atoms with Crippen LogP contribution in [0.1, 0.15) is 97.7 Å². The van der Waals surface area contributed by atoms with Gasteiger partial charge >= 0.3 is 71.1 Å². The van der Waals surface area contributed by atoms with E-state index in [2.05, 4.69) is 34.7 Å². The van der Waals surface area contributed by atoms with Gasteiger partial charge in [-0.25, -0.2) is 18.4 Å². The second-order valence-corrected chi connectivity index (χ2v) is 16.4. The van der Waals surface area contributed by atoms with Crippen molar-refractivity contribution >= 4 is 105 Å². The van der Waals surface area contributed by atoms with E-state index < -0.39 is 23.5 Å². The van der Waals surface area contributed by atoms with Crippen LogP contribution in [-0.4, -0.2) is 141 Å². The van der Waals surface area contributed by atoms with Crippen LogP contribution < -0.4 is 16.0 Å². The number of amides is 4. The van der Waals surface area contributed by atoms with Gasteiger partial charge in [0, 0.05) is 66.6 Å². The summed E-state index contributed by atoms with van der Waals surface area (Å²) in [6.45, 7) is 7.08. The van der Waals surface area contributed by atoms with E-state index >= 15 is 8.78 Å². The molecule has 5 N–H and O–H groups in total. The monoisotopic (exact) mass is 849 g/mol. The molecular weight excluding hydrogens is 799 g/mol. The molecule has 0 bridgehead atoms. The van der Waals surface area contributed by atoms with Gasteiger partial charge in [0.15, 0.2) is 0 Å². The molecule has 0 saturated carbocycles. The summed E-state index contributed by atoms with van der Waals surface area (Å²) in [6.07, 6.45) is 4.91. The first-order valence-corrected chi connectivity index (χ1v) is 20.2. The molecule has 0 unspecified atom stereocenters. The van der Waals surface area contributed by atoms with E-state index in [0.29, 0.717) is 61.7 Å². The van der Waals surface area contributed by atoms with Gasteiger partial charge in [0.1, 0.15) is 16.6 Å². The molecule has 59 heavy (non-hydrogen) atoms.